The number of furan rings is 1. The topological polar surface area (TPSA) is 57.5 Å². The third kappa shape index (κ3) is 4.65. The van der Waals surface area contributed by atoms with Crippen LogP contribution in [0, 0.1) is 5.92 Å². The number of amides is 1. The second-order valence-electron chi connectivity index (χ2n) is 5.67. The van der Waals surface area contributed by atoms with Crippen LogP contribution in [0.2, 0.25) is 0 Å². The summed E-state index contributed by atoms with van der Waals surface area (Å²) >= 11 is 0. The number of carbonyl (C=O) groups is 1. The number of carbonyl (C=O) groups excluding carboxylic acids is 1. The van der Waals surface area contributed by atoms with Crippen LogP contribution in [0.25, 0.3) is 0 Å². The van der Waals surface area contributed by atoms with Crippen molar-refractivity contribution in [3.05, 3.63) is 24.2 Å². The van der Waals surface area contributed by atoms with Crippen LogP contribution in [0.15, 0.2) is 22.8 Å². The van der Waals surface area contributed by atoms with Crippen molar-refractivity contribution in [2.75, 3.05) is 26.7 Å². The first-order valence-corrected chi connectivity index (χ1v) is 7.37. The van der Waals surface area contributed by atoms with E-state index in [1.165, 1.54) is 12.8 Å². The summed E-state index contributed by atoms with van der Waals surface area (Å²) in [6.07, 6.45) is 4.04. The Morgan fingerprint density at radius 2 is 2.25 bits per heavy atom. The van der Waals surface area contributed by atoms with Gasteiger partial charge in [-0.05, 0) is 64.5 Å². The van der Waals surface area contributed by atoms with Crippen LogP contribution in [0.1, 0.15) is 25.5 Å². The van der Waals surface area contributed by atoms with Crippen LogP contribution in [0.3, 0.4) is 0 Å². The van der Waals surface area contributed by atoms with Crippen molar-refractivity contribution < 1.29 is 9.21 Å². The summed E-state index contributed by atoms with van der Waals surface area (Å²) < 4.78 is 5.19. The molecule has 1 aromatic rings. The van der Waals surface area contributed by atoms with Gasteiger partial charge in [0.15, 0.2) is 0 Å². The molecular weight excluding hydrogens is 254 g/mol. The van der Waals surface area contributed by atoms with E-state index in [0.29, 0.717) is 12.5 Å². The highest BCUT2D eigenvalue weighted by Crippen LogP contribution is 2.14. The predicted octanol–water partition coefficient (Wildman–Crippen LogP) is 1.22. The molecule has 1 saturated heterocycles. The lowest BCUT2D eigenvalue weighted by atomic mass is 9.97. The second-order valence-corrected chi connectivity index (χ2v) is 5.67. The smallest absolute Gasteiger partial charge is 0.237 e. The molecule has 1 unspecified atom stereocenters. The molecule has 1 atom stereocenters. The lowest BCUT2D eigenvalue weighted by molar-refractivity contribution is -0.123. The van der Waals surface area contributed by atoms with Gasteiger partial charge >= 0.3 is 0 Å². The number of hydrogen-bond acceptors (Lipinski definition) is 4. The third-order valence-electron chi connectivity index (χ3n) is 3.96. The van der Waals surface area contributed by atoms with Gasteiger partial charge in [0.05, 0.1) is 18.8 Å². The van der Waals surface area contributed by atoms with E-state index in [1.54, 1.807) is 6.26 Å². The monoisotopic (exact) mass is 279 g/mol. The maximum absolute atomic E-state index is 11.9. The first-order valence-electron chi connectivity index (χ1n) is 7.37. The molecule has 0 saturated carbocycles. The summed E-state index contributed by atoms with van der Waals surface area (Å²) in [6.45, 7) is 5.60. The third-order valence-corrected chi connectivity index (χ3v) is 3.96. The molecule has 1 fully saturated rings. The van der Waals surface area contributed by atoms with Crippen LogP contribution in [-0.2, 0) is 11.3 Å². The van der Waals surface area contributed by atoms with Gasteiger partial charge in [0, 0.05) is 0 Å². The average molecular weight is 279 g/mol. The van der Waals surface area contributed by atoms with E-state index in [2.05, 4.69) is 22.6 Å². The largest absolute Gasteiger partial charge is 0.467 e. The van der Waals surface area contributed by atoms with Gasteiger partial charge in [0.25, 0.3) is 0 Å². The minimum atomic E-state index is -0.162. The summed E-state index contributed by atoms with van der Waals surface area (Å²) in [5.74, 6) is 1.49. The van der Waals surface area contributed by atoms with E-state index in [-0.39, 0.29) is 11.9 Å². The fraction of sp³-hybridized carbons (Fsp3) is 0.667. The van der Waals surface area contributed by atoms with Crippen LogP contribution in [0.5, 0.6) is 0 Å². The van der Waals surface area contributed by atoms with Crippen LogP contribution < -0.4 is 10.6 Å². The molecule has 1 aromatic heterocycles. The van der Waals surface area contributed by atoms with E-state index >= 15 is 0 Å². The fourth-order valence-electron chi connectivity index (χ4n) is 2.44. The minimum absolute atomic E-state index is 0.0225. The molecule has 0 aromatic carbocycles. The Labute approximate surface area is 120 Å². The van der Waals surface area contributed by atoms with Crippen molar-refractivity contribution in [3.8, 4) is 0 Å². The summed E-state index contributed by atoms with van der Waals surface area (Å²) in [6, 6.07) is 3.52. The molecule has 0 bridgehead atoms. The molecule has 0 aliphatic carbocycles. The van der Waals surface area contributed by atoms with Crippen molar-refractivity contribution >= 4 is 5.91 Å². The molecule has 1 amide bonds. The molecule has 0 radical (unpaired) electrons. The molecule has 2 rings (SSSR count). The lowest BCUT2D eigenvalue weighted by Crippen LogP contribution is -2.44. The lowest BCUT2D eigenvalue weighted by Gasteiger charge is -2.29. The quantitative estimate of drug-likeness (QED) is 0.822. The van der Waals surface area contributed by atoms with Crippen molar-refractivity contribution in [2.24, 2.45) is 5.92 Å². The normalized spacial score (nSPS) is 18.9. The van der Waals surface area contributed by atoms with Crippen molar-refractivity contribution in [1.82, 2.24) is 15.5 Å². The minimum Gasteiger partial charge on any atom is -0.467 e. The highest BCUT2D eigenvalue weighted by Gasteiger charge is 2.19. The van der Waals surface area contributed by atoms with E-state index in [4.69, 9.17) is 4.42 Å². The first-order chi connectivity index (χ1) is 9.65. The molecule has 1 aliphatic heterocycles. The average Bonchev–Trinajstić information content (AvgIpc) is 2.97. The van der Waals surface area contributed by atoms with E-state index in [1.807, 2.05) is 19.1 Å². The van der Waals surface area contributed by atoms with Gasteiger partial charge in [-0.3, -0.25) is 4.79 Å². The Morgan fingerprint density at radius 1 is 1.50 bits per heavy atom. The predicted molar refractivity (Wildman–Crippen MR) is 78.2 cm³/mol. The molecule has 1 aliphatic rings. The fourth-order valence-corrected chi connectivity index (χ4v) is 2.44. The number of nitrogens with zero attached hydrogens (tertiary/aromatic N) is 1. The van der Waals surface area contributed by atoms with Gasteiger partial charge in [-0.2, -0.15) is 0 Å². The summed E-state index contributed by atoms with van der Waals surface area (Å²) in [7, 11) is 2.16. The molecule has 5 heteroatoms. The zero-order valence-electron chi connectivity index (χ0n) is 12.4. The maximum atomic E-state index is 11.9. The second kappa shape index (κ2) is 7.45. The Hall–Kier alpha value is -1.33. The van der Waals surface area contributed by atoms with E-state index < -0.39 is 0 Å². The summed E-state index contributed by atoms with van der Waals surface area (Å²) in [5.41, 5.74) is 0. The highest BCUT2D eigenvalue weighted by molar-refractivity contribution is 5.81. The zero-order valence-corrected chi connectivity index (χ0v) is 12.4. The van der Waals surface area contributed by atoms with Crippen LogP contribution in [-0.4, -0.2) is 43.5 Å². The number of nitrogens with one attached hydrogen (secondary N) is 2. The number of hydrogen-bond donors (Lipinski definition) is 2. The van der Waals surface area contributed by atoms with Gasteiger partial charge in [-0.1, -0.05) is 0 Å². The molecular formula is C15H25N3O2. The maximum Gasteiger partial charge on any atom is 0.237 e. The van der Waals surface area contributed by atoms with Crippen LogP contribution in [0.4, 0.5) is 0 Å². The van der Waals surface area contributed by atoms with Gasteiger partial charge in [-0.25, -0.2) is 0 Å². The van der Waals surface area contributed by atoms with E-state index in [0.717, 1.165) is 25.4 Å². The molecule has 20 heavy (non-hydrogen) atoms. The number of piperidine rings is 1. The summed E-state index contributed by atoms with van der Waals surface area (Å²) in [5, 5.41) is 6.21. The van der Waals surface area contributed by atoms with Gasteiger partial charge < -0.3 is 20.0 Å². The van der Waals surface area contributed by atoms with Gasteiger partial charge in [0.2, 0.25) is 5.91 Å². The molecule has 2 N–H and O–H groups in total. The van der Waals surface area contributed by atoms with Crippen molar-refractivity contribution in [1.29, 1.82) is 0 Å². The highest BCUT2D eigenvalue weighted by atomic mass is 16.3. The standard InChI is InChI=1S/C15H25N3O2/c1-12(15(19)17-11-14-4-3-9-20-14)16-10-13-5-7-18(2)8-6-13/h3-4,9,12-13,16H,5-8,10-11H2,1-2H3,(H,17,19). The molecule has 2 heterocycles. The molecule has 112 valence electrons. The van der Waals surface area contributed by atoms with E-state index in [9.17, 15) is 4.79 Å². The Morgan fingerprint density at radius 3 is 2.90 bits per heavy atom. The van der Waals surface area contributed by atoms with Crippen molar-refractivity contribution in [3.63, 3.8) is 0 Å². The zero-order chi connectivity index (χ0) is 14.4. The number of likely N-dealkylation sites (tertiary alicyclic amines) is 1. The first kappa shape index (κ1) is 15.1. The Kier molecular flexibility index (Phi) is 5.61. The Bertz CT molecular complexity index is 397. The summed E-state index contributed by atoms with van der Waals surface area (Å²) in [4.78, 5) is 14.3. The molecule has 5 nitrogen and oxygen atoms in total. The SMILES string of the molecule is CC(NCC1CCN(C)CC1)C(=O)NCc1ccco1. The van der Waals surface area contributed by atoms with Crippen LogP contribution >= 0.6 is 0 Å². The Balaban J connectivity index is 1.63. The van der Waals surface area contributed by atoms with Crippen molar-refractivity contribution in [2.45, 2.75) is 32.4 Å². The molecule has 0 spiro atoms. The van der Waals surface area contributed by atoms with Gasteiger partial charge in [-0.15, -0.1) is 0 Å². The van der Waals surface area contributed by atoms with Gasteiger partial charge in [0.1, 0.15) is 5.76 Å². The number of rotatable bonds is 6.